The van der Waals surface area contributed by atoms with Gasteiger partial charge in [0.2, 0.25) is 41.4 Å². The van der Waals surface area contributed by atoms with Gasteiger partial charge in [-0.1, -0.05) is 64.4 Å². The lowest BCUT2D eigenvalue weighted by Gasteiger charge is -2.30. The molecular formula is C45H57N9O11. The third kappa shape index (κ3) is 11.2. The highest BCUT2D eigenvalue weighted by atomic mass is 16.4. The van der Waals surface area contributed by atoms with Gasteiger partial charge in [-0.3, -0.25) is 38.4 Å². The quantitative estimate of drug-likeness (QED) is 0.122. The Kier molecular flexibility index (Phi) is 15.1. The van der Waals surface area contributed by atoms with Crippen LogP contribution >= 0.6 is 0 Å². The Hall–Kier alpha value is -6.99. The van der Waals surface area contributed by atoms with Crippen molar-refractivity contribution < 1.29 is 53.4 Å². The molecule has 3 aliphatic heterocycles. The van der Waals surface area contributed by atoms with Gasteiger partial charge in [0.25, 0.3) is 5.91 Å². The fourth-order valence-corrected chi connectivity index (χ4v) is 8.45. The average molecular weight is 900 g/mol. The highest BCUT2D eigenvalue weighted by Crippen LogP contribution is 2.27. The van der Waals surface area contributed by atoms with Gasteiger partial charge in [0, 0.05) is 37.4 Å². The number of hydrogen-bond acceptors (Lipinski definition) is 10. The lowest BCUT2D eigenvalue weighted by Crippen LogP contribution is -2.58. The van der Waals surface area contributed by atoms with Crippen molar-refractivity contribution >= 4 is 64.1 Å². The van der Waals surface area contributed by atoms with Crippen molar-refractivity contribution in [2.45, 2.75) is 115 Å². The molecule has 2 aromatic carbocycles. The summed E-state index contributed by atoms with van der Waals surface area (Å²) in [6.07, 6.45) is 1.08. The van der Waals surface area contributed by atoms with Crippen LogP contribution in [-0.4, -0.2) is 122 Å². The molecule has 65 heavy (non-hydrogen) atoms. The molecule has 8 atom stereocenters. The number of carboxylic acids is 1. The molecular weight excluding hydrogens is 843 g/mol. The lowest BCUT2D eigenvalue weighted by molar-refractivity contribution is -0.142. The monoisotopic (exact) mass is 899 g/mol. The smallest absolute Gasteiger partial charge is 0.326 e. The summed E-state index contributed by atoms with van der Waals surface area (Å²) in [5.41, 5.74) is 1.25. The van der Waals surface area contributed by atoms with Gasteiger partial charge in [-0.05, 0) is 60.4 Å². The number of carbonyl (C=O) groups excluding carboxylic acids is 8. The first-order valence-corrected chi connectivity index (χ1v) is 21.9. The normalized spacial score (nSPS) is 24.2. The van der Waals surface area contributed by atoms with Gasteiger partial charge in [0.05, 0.1) is 12.1 Å². The van der Waals surface area contributed by atoms with Crippen molar-refractivity contribution in [2.24, 2.45) is 11.8 Å². The van der Waals surface area contributed by atoms with Crippen molar-refractivity contribution in [3.63, 3.8) is 0 Å². The number of nitrogens with one attached hydrogen (secondary N) is 7. The fraction of sp³-hybridized carbons (Fsp3) is 0.489. The molecule has 2 fully saturated rings. The molecule has 8 unspecified atom stereocenters. The summed E-state index contributed by atoms with van der Waals surface area (Å²) in [5, 5.41) is 39.4. The molecule has 0 spiro atoms. The van der Waals surface area contributed by atoms with E-state index in [-0.39, 0.29) is 50.3 Å². The molecule has 0 radical (unpaired) electrons. The van der Waals surface area contributed by atoms with Gasteiger partial charge in [0.15, 0.2) is 6.17 Å². The number of aliphatic carboxylic acids is 1. The largest absolute Gasteiger partial charge is 0.508 e. The Bertz CT molecular complexity index is 2330. The molecule has 348 valence electrons. The molecule has 0 aliphatic carbocycles. The number of nitrogens with zero attached hydrogens (tertiary/aromatic N) is 2. The van der Waals surface area contributed by atoms with Crippen LogP contribution in [0.15, 0.2) is 54.7 Å². The van der Waals surface area contributed by atoms with Gasteiger partial charge in [-0.15, -0.1) is 0 Å². The molecule has 2 bridgehead atoms. The van der Waals surface area contributed by atoms with Crippen molar-refractivity contribution in [1.82, 2.24) is 46.7 Å². The van der Waals surface area contributed by atoms with Gasteiger partial charge in [-0.25, -0.2) is 4.79 Å². The van der Waals surface area contributed by atoms with E-state index < -0.39 is 108 Å². The Morgan fingerprint density at radius 2 is 1.55 bits per heavy atom. The highest BCUT2D eigenvalue weighted by molar-refractivity contribution is 5.99. The van der Waals surface area contributed by atoms with Crippen LogP contribution in [0.5, 0.6) is 5.75 Å². The number of fused-ring (bicyclic) bond motifs is 5. The number of benzene rings is 2. The molecule has 4 heterocycles. The number of carboxylic acid groups (broad SMARTS) is 1. The lowest BCUT2D eigenvalue weighted by atomic mass is 9.97. The molecule has 0 saturated carbocycles. The minimum Gasteiger partial charge on any atom is -0.508 e. The highest BCUT2D eigenvalue weighted by Gasteiger charge is 2.41. The van der Waals surface area contributed by atoms with E-state index in [1.807, 2.05) is 0 Å². The van der Waals surface area contributed by atoms with Gasteiger partial charge in [-0.2, -0.15) is 0 Å². The van der Waals surface area contributed by atoms with Crippen LogP contribution in [0.25, 0.3) is 10.9 Å². The number of aromatic hydroxyl groups is 1. The number of carbonyl (C=O) groups is 9. The van der Waals surface area contributed by atoms with E-state index in [9.17, 15) is 53.4 Å². The van der Waals surface area contributed by atoms with Crippen LogP contribution in [0.3, 0.4) is 0 Å². The summed E-state index contributed by atoms with van der Waals surface area (Å²) in [7, 11) is 0. The number of amides is 8. The Morgan fingerprint density at radius 3 is 2.22 bits per heavy atom. The van der Waals surface area contributed by atoms with E-state index in [1.54, 1.807) is 64.1 Å². The van der Waals surface area contributed by atoms with E-state index in [0.29, 0.717) is 34.9 Å². The number of para-hydroxylation sites is 1. The maximum atomic E-state index is 14.7. The Balaban J connectivity index is 1.39. The minimum atomic E-state index is -1.66. The molecule has 20 nitrogen and oxygen atoms in total. The first kappa shape index (κ1) is 47.5. The van der Waals surface area contributed by atoms with Crippen molar-refractivity contribution in [3.8, 4) is 5.75 Å². The fourth-order valence-electron chi connectivity index (χ4n) is 8.45. The van der Waals surface area contributed by atoms with Crippen LogP contribution in [0.2, 0.25) is 0 Å². The number of phenolic OH excluding ortho intramolecular Hbond substituents is 1. The third-order valence-corrected chi connectivity index (χ3v) is 12.3. The number of aromatic nitrogens is 1. The van der Waals surface area contributed by atoms with E-state index in [2.05, 4.69) is 37.2 Å². The molecule has 9 N–H and O–H groups in total. The zero-order chi connectivity index (χ0) is 47.1. The Morgan fingerprint density at radius 1 is 0.831 bits per heavy atom. The van der Waals surface area contributed by atoms with Crippen molar-refractivity contribution in [1.29, 1.82) is 0 Å². The second kappa shape index (κ2) is 20.7. The zero-order valence-electron chi connectivity index (χ0n) is 36.7. The van der Waals surface area contributed by atoms with E-state index >= 15 is 0 Å². The minimum absolute atomic E-state index is 0.0454. The van der Waals surface area contributed by atoms with Gasteiger partial charge >= 0.3 is 5.97 Å². The molecule has 8 amide bonds. The van der Waals surface area contributed by atoms with E-state index in [4.69, 9.17) is 0 Å². The number of phenols is 1. The standard InChI is InChI=1S/C45H57N9O11/c1-5-24(4)37-42(61)49-31(45(64)65)20-26-22-54(32-10-7-6-9-28(26)32)38(43(62)51-36(23(2)3)41(60)46-21-35(57)50-37)52-39(58)30(19-25-12-14-27(55)15-13-25)48-40(59)33-11-8-18-53(33)44(63)29-16-17-34(56)47-29/h6-7,9-10,12-15,22-24,29-31,33,36-38,55H,5,8,11,16-21H2,1-4H3,(H,46,60)(H,47,56)(H,48,59)(H,49,61)(H,50,57)(H,51,62)(H,52,58)(H,64,65). The SMILES string of the molecule is CCC(C)C1NC(=O)CNC(=O)C(C(C)C)NC(=O)C(NC(=O)C(Cc2ccc(O)cc2)NC(=O)C2CCCN2C(=O)C2CCC(=O)N2)n2cc(c3ccccc32)CC(C(=O)O)NC1=O. The summed E-state index contributed by atoms with van der Waals surface area (Å²) in [4.78, 5) is 124. The average Bonchev–Trinajstić information content (AvgIpc) is 4.04. The Labute approximate surface area is 375 Å². The molecule has 6 rings (SSSR count). The van der Waals surface area contributed by atoms with Gasteiger partial charge < -0.3 is 56.9 Å². The van der Waals surface area contributed by atoms with Crippen LogP contribution in [0.1, 0.15) is 77.1 Å². The van der Waals surface area contributed by atoms with Crippen molar-refractivity contribution in [3.05, 3.63) is 65.9 Å². The summed E-state index contributed by atoms with van der Waals surface area (Å²) in [6, 6.07) is 5.56. The molecule has 1 aromatic heterocycles. The maximum Gasteiger partial charge on any atom is 0.326 e. The van der Waals surface area contributed by atoms with Crippen molar-refractivity contribution in [2.75, 3.05) is 13.1 Å². The second-order valence-electron chi connectivity index (χ2n) is 17.3. The predicted molar refractivity (Wildman–Crippen MR) is 233 cm³/mol. The van der Waals surface area contributed by atoms with Crippen LogP contribution in [0.4, 0.5) is 0 Å². The molecule has 20 heteroatoms. The third-order valence-electron chi connectivity index (χ3n) is 12.3. The summed E-state index contributed by atoms with van der Waals surface area (Å²) in [5.74, 6) is -7.68. The van der Waals surface area contributed by atoms with Crippen LogP contribution in [-0.2, 0) is 56.0 Å². The zero-order valence-corrected chi connectivity index (χ0v) is 36.7. The summed E-state index contributed by atoms with van der Waals surface area (Å²) < 4.78 is 1.41. The maximum absolute atomic E-state index is 14.7. The topological polar surface area (TPSA) is 286 Å². The van der Waals surface area contributed by atoms with Gasteiger partial charge in [0.1, 0.15) is 42.0 Å². The second-order valence-corrected chi connectivity index (χ2v) is 17.3. The summed E-state index contributed by atoms with van der Waals surface area (Å²) >= 11 is 0. The first-order chi connectivity index (χ1) is 30.9. The molecule has 2 saturated heterocycles. The number of hydrogen-bond donors (Lipinski definition) is 9. The predicted octanol–water partition coefficient (Wildman–Crippen LogP) is -0.128. The van der Waals surface area contributed by atoms with Crippen LogP contribution in [0, 0.1) is 11.8 Å². The number of rotatable bonds is 11. The van der Waals surface area contributed by atoms with Crippen LogP contribution < -0.4 is 37.2 Å². The van der Waals surface area contributed by atoms with E-state index in [1.165, 1.54) is 27.8 Å². The van der Waals surface area contributed by atoms with E-state index in [0.717, 1.165) is 0 Å². The first-order valence-electron chi connectivity index (χ1n) is 21.9. The molecule has 3 aliphatic rings. The molecule has 3 aromatic rings. The number of likely N-dealkylation sites (tertiary alicyclic amines) is 1. The summed E-state index contributed by atoms with van der Waals surface area (Å²) in [6.45, 7) is 6.53.